The van der Waals surface area contributed by atoms with Crippen LogP contribution in [0, 0.1) is 0 Å². The van der Waals surface area contributed by atoms with Crippen molar-refractivity contribution in [3.05, 3.63) is 146 Å². The zero-order chi connectivity index (χ0) is 28.8. The Labute approximate surface area is 262 Å². The van der Waals surface area contributed by atoms with Gasteiger partial charge in [-0.1, -0.05) is 115 Å². The van der Waals surface area contributed by atoms with E-state index >= 15 is 0 Å². The molecule has 2 heterocycles. The van der Waals surface area contributed by atoms with Crippen LogP contribution in [0.2, 0.25) is 0 Å². The largest absolute Gasteiger partial charge is 0.135 e. The SMILES string of the molecule is c1ccc2c(c1)sc1ccc(-c3c4ccccc4c(-c4cccc5c4ccc4sc6ccccc6c45)c4ccccc34)cc12. The van der Waals surface area contributed by atoms with Crippen LogP contribution in [0.15, 0.2) is 146 Å². The summed E-state index contributed by atoms with van der Waals surface area (Å²) in [4.78, 5) is 0. The third-order valence-electron chi connectivity index (χ3n) is 9.27. The smallest absolute Gasteiger partial charge is 0.0361 e. The standard InChI is InChI=1S/C42H24S2/c1-3-13-32-30(11-1)40(25-20-22-38-35(24-25)27-10-5-7-18-36(27)43-38)31-12-2-4-14-33(31)41(32)28-16-9-17-29-26(28)21-23-39-42(29)34-15-6-8-19-37(34)44-39/h1-24H. The lowest BCUT2D eigenvalue weighted by molar-refractivity contribution is 1.70. The van der Waals surface area contributed by atoms with Gasteiger partial charge in [-0.05, 0) is 84.9 Å². The Morgan fingerprint density at radius 3 is 1.55 bits per heavy atom. The first-order valence-corrected chi connectivity index (χ1v) is 16.7. The van der Waals surface area contributed by atoms with Crippen LogP contribution in [0.3, 0.4) is 0 Å². The molecule has 0 aliphatic rings. The predicted octanol–water partition coefficient (Wildman–Crippen LogP) is 13.2. The van der Waals surface area contributed by atoms with E-state index in [1.807, 2.05) is 22.7 Å². The number of hydrogen-bond donors (Lipinski definition) is 0. The topological polar surface area (TPSA) is 0 Å². The monoisotopic (exact) mass is 592 g/mol. The van der Waals surface area contributed by atoms with E-state index in [1.165, 1.54) is 94.9 Å². The van der Waals surface area contributed by atoms with Crippen LogP contribution >= 0.6 is 22.7 Å². The van der Waals surface area contributed by atoms with Crippen LogP contribution in [0.1, 0.15) is 0 Å². The second kappa shape index (κ2) is 9.24. The van der Waals surface area contributed by atoms with Crippen molar-refractivity contribution < 1.29 is 0 Å². The normalized spacial score (nSPS) is 12.1. The minimum atomic E-state index is 1.27. The minimum Gasteiger partial charge on any atom is -0.135 e. The number of benzene rings is 8. The second-order valence-corrected chi connectivity index (χ2v) is 13.8. The quantitative estimate of drug-likeness (QED) is 0.175. The van der Waals surface area contributed by atoms with Crippen LogP contribution in [0.5, 0.6) is 0 Å². The minimum absolute atomic E-state index is 1.27. The fourth-order valence-electron chi connectivity index (χ4n) is 7.41. The Kier molecular flexibility index (Phi) is 5.13. The molecule has 0 fully saturated rings. The van der Waals surface area contributed by atoms with Crippen molar-refractivity contribution in [1.29, 1.82) is 0 Å². The van der Waals surface area contributed by atoms with Crippen LogP contribution < -0.4 is 0 Å². The van der Waals surface area contributed by atoms with Gasteiger partial charge in [0.25, 0.3) is 0 Å². The summed E-state index contributed by atoms with van der Waals surface area (Å²) < 4.78 is 5.37. The molecule has 44 heavy (non-hydrogen) atoms. The Morgan fingerprint density at radius 2 is 0.818 bits per heavy atom. The molecule has 0 bridgehead atoms. The third kappa shape index (κ3) is 3.38. The molecule has 2 heteroatoms. The summed E-state index contributed by atoms with van der Waals surface area (Å²) in [6.45, 7) is 0. The maximum atomic E-state index is 2.42. The van der Waals surface area contributed by atoms with Gasteiger partial charge in [0.2, 0.25) is 0 Å². The van der Waals surface area contributed by atoms with E-state index in [4.69, 9.17) is 0 Å². The lowest BCUT2D eigenvalue weighted by atomic mass is 9.84. The zero-order valence-electron chi connectivity index (χ0n) is 23.7. The van der Waals surface area contributed by atoms with Crippen molar-refractivity contribution in [3.8, 4) is 22.3 Å². The first-order valence-electron chi connectivity index (χ1n) is 15.0. The highest BCUT2D eigenvalue weighted by Gasteiger charge is 2.19. The molecule has 8 aromatic carbocycles. The molecule has 0 aliphatic heterocycles. The van der Waals surface area contributed by atoms with Crippen LogP contribution in [-0.2, 0) is 0 Å². The molecule has 10 aromatic rings. The van der Waals surface area contributed by atoms with E-state index in [2.05, 4.69) is 146 Å². The molecule has 0 saturated heterocycles. The first-order chi connectivity index (χ1) is 21.8. The Morgan fingerprint density at radius 1 is 0.295 bits per heavy atom. The molecule has 204 valence electrons. The maximum Gasteiger partial charge on any atom is 0.0361 e. The third-order valence-corrected chi connectivity index (χ3v) is 11.6. The highest BCUT2D eigenvalue weighted by atomic mass is 32.1. The molecule has 0 saturated carbocycles. The van der Waals surface area contributed by atoms with E-state index in [0.717, 1.165) is 0 Å². The van der Waals surface area contributed by atoms with Crippen LogP contribution in [0.4, 0.5) is 0 Å². The second-order valence-electron chi connectivity index (χ2n) is 11.6. The van der Waals surface area contributed by atoms with Gasteiger partial charge in [0.1, 0.15) is 0 Å². The summed E-state index contributed by atoms with van der Waals surface area (Å²) >= 11 is 3.76. The molecule has 0 aliphatic carbocycles. The predicted molar refractivity (Wildman–Crippen MR) is 196 cm³/mol. The summed E-state index contributed by atoms with van der Waals surface area (Å²) in [5.74, 6) is 0. The molecular formula is C42H24S2. The molecular weight excluding hydrogens is 569 g/mol. The highest BCUT2D eigenvalue weighted by molar-refractivity contribution is 7.26. The van der Waals surface area contributed by atoms with Crippen LogP contribution in [0.25, 0.3) is 94.9 Å². The average Bonchev–Trinajstić information content (AvgIpc) is 3.65. The molecule has 0 N–H and O–H groups in total. The van der Waals surface area contributed by atoms with Crippen molar-refractivity contribution in [2.24, 2.45) is 0 Å². The van der Waals surface area contributed by atoms with E-state index in [-0.39, 0.29) is 0 Å². The lowest BCUT2D eigenvalue weighted by Gasteiger charge is -2.19. The molecule has 0 amide bonds. The van der Waals surface area contributed by atoms with Crippen molar-refractivity contribution in [1.82, 2.24) is 0 Å². The fourth-order valence-corrected chi connectivity index (χ4v) is 9.62. The number of hydrogen-bond acceptors (Lipinski definition) is 2. The molecule has 0 atom stereocenters. The fraction of sp³-hybridized carbons (Fsp3) is 0. The van der Waals surface area contributed by atoms with E-state index in [1.54, 1.807) is 0 Å². The number of fused-ring (bicyclic) bond motifs is 10. The maximum absolute atomic E-state index is 2.42. The average molecular weight is 593 g/mol. The zero-order valence-corrected chi connectivity index (χ0v) is 25.3. The number of thiophene rings is 2. The summed E-state index contributed by atoms with van der Waals surface area (Å²) in [5.41, 5.74) is 5.18. The van der Waals surface area contributed by atoms with Crippen LogP contribution in [-0.4, -0.2) is 0 Å². The van der Waals surface area contributed by atoms with Crippen molar-refractivity contribution in [2.75, 3.05) is 0 Å². The molecule has 0 unspecified atom stereocenters. The highest BCUT2D eigenvalue weighted by Crippen LogP contribution is 2.48. The summed E-state index contributed by atoms with van der Waals surface area (Å²) in [7, 11) is 0. The van der Waals surface area contributed by atoms with Crippen molar-refractivity contribution in [3.63, 3.8) is 0 Å². The molecule has 0 spiro atoms. The molecule has 0 radical (unpaired) electrons. The van der Waals surface area contributed by atoms with Gasteiger partial charge in [0, 0.05) is 40.3 Å². The summed E-state index contributed by atoms with van der Waals surface area (Å²) in [5, 5.41) is 13.2. The Bertz CT molecular complexity index is 2720. The van der Waals surface area contributed by atoms with E-state index in [0.29, 0.717) is 0 Å². The van der Waals surface area contributed by atoms with Gasteiger partial charge in [-0.2, -0.15) is 0 Å². The Balaban J connectivity index is 1.32. The van der Waals surface area contributed by atoms with Gasteiger partial charge in [0.05, 0.1) is 0 Å². The van der Waals surface area contributed by atoms with E-state index in [9.17, 15) is 0 Å². The van der Waals surface area contributed by atoms with Crippen molar-refractivity contribution in [2.45, 2.75) is 0 Å². The first kappa shape index (κ1) is 24.4. The lowest BCUT2D eigenvalue weighted by Crippen LogP contribution is -1.91. The van der Waals surface area contributed by atoms with Gasteiger partial charge in [-0.25, -0.2) is 0 Å². The molecule has 2 aromatic heterocycles. The van der Waals surface area contributed by atoms with Gasteiger partial charge >= 0.3 is 0 Å². The molecule has 10 rings (SSSR count). The molecule has 0 nitrogen and oxygen atoms in total. The summed E-state index contributed by atoms with van der Waals surface area (Å²) in [6.07, 6.45) is 0. The number of rotatable bonds is 2. The summed E-state index contributed by atoms with van der Waals surface area (Å²) in [6, 6.07) is 54.2. The van der Waals surface area contributed by atoms with Gasteiger partial charge in [-0.3, -0.25) is 0 Å². The van der Waals surface area contributed by atoms with E-state index < -0.39 is 0 Å². The van der Waals surface area contributed by atoms with Gasteiger partial charge < -0.3 is 0 Å². The Hall–Kier alpha value is -5.02. The van der Waals surface area contributed by atoms with Gasteiger partial charge in [0.15, 0.2) is 0 Å². The van der Waals surface area contributed by atoms with Gasteiger partial charge in [-0.15, -0.1) is 22.7 Å². The van der Waals surface area contributed by atoms with Crippen molar-refractivity contribution >= 4 is 95.3 Å².